The fourth-order valence-corrected chi connectivity index (χ4v) is 3.35. The number of fused-ring (bicyclic) bond motifs is 1. The van der Waals surface area contributed by atoms with Gasteiger partial charge in [0.2, 0.25) is 5.91 Å². The fraction of sp³-hybridized carbons (Fsp3) is 0.538. The van der Waals surface area contributed by atoms with E-state index in [0.717, 1.165) is 13.0 Å². The minimum absolute atomic E-state index is 0.0478. The summed E-state index contributed by atoms with van der Waals surface area (Å²) in [4.78, 5) is 16.1. The third-order valence-electron chi connectivity index (χ3n) is 4.02. The van der Waals surface area contributed by atoms with Crippen LogP contribution < -0.4 is 10.6 Å². The van der Waals surface area contributed by atoms with Crippen molar-refractivity contribution in [3.63, 3.8) is 0 Å². The van der Waals surface area contributed by atoms with E-state index < -0.39 is 0 Å². The van der Waals surface area contributed by atoms with Gasteiger partial charge in [-0.3, -0.25) is 4.79 Å². The molecule has 0 spiro atoms. The van der Waals surface area contributed by atoms with Crippen molar-refractivity contribution in [2.75, 3.05) is 11.9 Å². The van der Waals surface area contributed by atoms with E-state index in [1.54, 1.807) is 18.3 Å². The summed E-state index contributed by atoms with van der Waals surface area (Å²) in [7, 11) is 0. The molecule has 18 heavy (non-hydrogen) atoms. The molecular formula is C13H16ClN3O. The van der Waals surface area contributed by atoms with Crippen LogP contribution in [0.1, 0.15) is 19.3 Å². The van der Waals surface area contributed by atoms with Gasteiger partial charge in [0, 0.05) is 11.9 Å². The van der Waals surface area contributed by atoms with Crippen LogP contribution in [0.4, 0.5) is 5.69 Å². The number of carbonyl (C=O) groups excluding carboxylic acids is 1. The second kappa shape index (κ2) is 4.86. The lowest BCUT2D eigenvalue weighted by Crippen LogP contribution is -2.39. The highest BCUT2D eigenvalue weighted by atomic mass is 35.5. The Balaban J connectivity index is 1.68. The van der Waals surface area contributed by atoms with Gasteiger partial charge in [0.25, 0.3) is 0 Å². The molecule has 3 unspecified atom stereocenters. The number of amides is 1. The monoisotopic (exact) mass is 265 g/mol. The Hall–Kier alpha value is -1.13. The lowest BCUT2D eigenvalue weighted by atomic mass is 9.93. The van der Waals surface area contributed by atoms with Crippen LogP contribution in [0.2, 0.25) is 5.15 Å². The molecule has 0 bridgehead atoms. The molecule has 2 N–H and O–H groups in total. The molecule has 1 aromatic rings. The summed E-state index contributed by atoms with van der Waals surface area (Å²) in [5.74, 6) is 1.23. The largest absolute Gasteiger partial charge is 0.325 e. The Labute approximate surface area is 111 Å². The van der Waals surface area contributed by atoms with E-state index in [4.69, 9.17) is 11.6 Å². The zero-order valence-corrected chi connectivity index (χ0v) is 10.8. The van der Waals surface area contributed by atoms with Crippen LogP contribution in [0.15, 0.2) is 18.3 Å². The van der Waals surface area contributed by atoms with Crippen molar-refractivity contribution < 1.29 is 4.79 Å². The Morgan fingerprint density at radius 3 is 3.22 bits per heavy atom. The smallest absolute Gasteiger partial charge is 0.241 e. The van der Waals surface area contributed by atoms with Crippen molar-refractivity contribution in [3.8, 4) is 0 Å². The molecule has 1 aliphatic carbocycles. The average molecular weight is 266 g/mol. The lowest BCUT2D eigenvalue weighted by Gasteiger charge is -2.17. The molecule has 0 aromatic carbocycles. The third kappa shape index (κ3) is 2.22. The van der Waals surface area contributed by atoms with Crippen LogP contribution in [0, 0.1) is 11.8 Å². The van der Waals surface area contributed by atoms with Gasteiger partial charge in [0.05, 0.1) is 6.04 Å². The number of carbonyl (C=O) groups is 1. The van der Waals surface area contributed by atoms with Crippen LogP contribution in [0.5, 0.6) is 0 Å². The van der Waals surface area contributed by atoms with Crippen LogP contribution in [0.3, 0.4) is 0 Å². The number of nitrogens with zero attached hydrogens (tertiary/aromatic N) is 1. The van der Waals surface area contributed by atoms with Gasteiger partial charge < -0.3 is 10.6 Å². The van der Waals surface area contributed by atoms with E-state index in [-0.39, 0.29) is 11.9 Å². The van der Waals surface area contributed by atoms with Crippen LogP contribution >= 0.6 is 11.6 Å². The summed E-state index contributed by atoms with van der Waals surface area (Å²) in [6.45, 7) is 0.972. The van der Waals surface area contributed by atoms with Gasteiger partial charge in [-0.05, 0) is 43.4 Å². The minimum Gasteiger partial charge on any atom is -0.325 e. The van der Waals surface area contributed by atoms with Crippen LogP contribution in [-0.4, -0.2) is 23.5 Å². The van der Waals surface area contributed by atoms with Crippen LogP contribution in [0.25, 0.3) is 0 Å². The molecule has 2 heterocycles. The quantitative estimate of drug-likeness (QED) is 0.805. The third-order valence-corrected chi connectivity index (χ3v) is 4.23. The SMILES string of the molecule is O=C(Nc1ccnc(Cl)c1)C1NCC2CCCC21. The van der Waals surface area contributed by atoms with Crippen molar-refractivity contribution >= 4 is 23.2 Å². The van der Waals surface area contributed by atoms with Crippen molar-refractivity contribution in [1.82, 2.24) is 10.3 Å². The average Bonchev–Trinajstić information content (AvgIpc) is 2.89. The van der Waals surface area contributed by atoms with Crippen LogP contribution in [-0.2, 0) is 4.79 Å². The number of hydrogen-bond donors (Lipinski definition) is 2. The van der Waals surface area contributed by atoms with Gasteiger partial charge in [-0.25, -0.2) is 4.98 Å². The fourth-order valence-electron chi connectivity index (χ4n) is 3.17. The molecule has 1 saturated heterocycles. The summed E-state index contributed by atoms with van der Waals surface area (Å²) in [6.07, 6.45) is 5.26. The zero-order chi connectivity index (χ0) is 12.5. The number of aromatic nitrogens is 1. The minimum atomic E-state index is -0.0514. The van der Waals surface area contributed by atoms with Crippen molar-refractivity contribution in [2.45, 2.75) is 25.3 Å². The number of rotatable bonds is 2. The molecule has 0 radical (unpaired) electrons. The van der Waals surface area contributed by atoms with Gasteiger partial charge in [0.15, 0.2) is 0 Å². The molecule has 2 aliphatic rings. The number of anilines is 1. The Kier molecular flexibility index (Phi) is 3.22. The van der Waals surface area contributed by atoms with Gasteiger partial charge in [-0.2, -0.15) is 0 Å². The van der Waals surface area contributed by atoms with Gasteiger partial charge in [-0.15, -0.1) is 0 Å². The van der Waals surface area contributed by atoms with E-state index >= 15 is 0 Å². The first-order valence-electron chi connectivity index (χ1n) is 6.40. The normalized spacial score (nSPS) is 30.2. The van der Waals surface area contributed by atoms with E-state index in [9.17, 15) is 4.79 Å². The predicted octanol–water partition coefficient (Wildman–Crippen LogP) is 2.06. The molecule has 2 fully saturated rings. The van der Waals surface area contributed by atoms with Crippen molar-refractivity contribution in [2.24, 2.45) is 11.8 Å². The summed E-state index contributed by atoms with van der Waals surface area (Å²) in [5.41, 5.74) is 0.711. The maximum absolute atomic E-state index is 12.2. The highest BCUT2D eigenvalue weighted by Crippen LogP contribution is 2.37. The molecule has 3 atom stereocenters. The Morgan fingerprint density at radius 2 is 2.39 bits per heavy atom. The molecule has 3 rings (SSSR count). The number of pyridine rings is 1. The van der Waals surface area contributed by atoms with E-state index in [1.165, 1.54) is 12.8 Å². The molecule has 96 valence electrons. The number of halogens is 1. The maximum Gasteiger partial charge on any atom is 0.241 e. The second-order valence-electron chi connectivity index (χ2n) is 5.10. The lowest BCUT2D eigenvalue weighted by molar-refractivity contribution is -0.118. The van der Waals surface area contributed by atoms with E-state index in [1.807, 2.05) is 0 Å². The molecule has 1 aliphatic heterocycles. The molecule has 4 nitrogen and oxygen atoms in total. The Bertz CT molecular complexity index is 465. The first-order chi connectivity index (χ1) is 8.74. The highest BCUT2D eigenvalue weighted by molar-refractivity contribution is 6.29. The highest BCUT2D eigenvalue weighted by Gasteiger charge is 2.42. The second-order valence-corrected chi connectivity index (χ2v) is 5.48. The molecule has 1 saturated carbocycles. The first kappa shape index (κ1) is 11.9. The first-order valence-corrected chi connectivity index (χ1v) is 6.77. The van der Waals surface area contributed by atoms with Gasteiger partial charge in [-0.1, -0.05) is 18.0 Å². The number of nitrogens with one attached hydrogen (secondary N) is 2. The topological polar surface area (TPSA) is 54.0 Å². The summed E-state index contributed by atoms with van der Waals surface area (Å²) in [5, 5.41) is 6.64. The summed E-state index contributed by atoms with van der Waals surface area (Å²) >= 11 is 5.80. The summed E-state index contributed by atoms with van der Waals surface area (Å²) < 4.78 is 0. The molecule has 1 amide bonds. The van der Waals surface area contributed by atoms with Gasteiger partial charge >= 0.3 is 0 Å². The Morgan fingerprint density at radius 1 is 1.50 bits per heavy atom. The molecule has 5 heteroatoms. The van der Waals surface area contributed by atoms with Crippen molar-refractivity contribution in [1.29, 1.82) is 0 Å². The van der Waals surface area contributed by atoms with Crippen molar-refractivity contribution in [3.05, 3.63) is 23.5 Å². The summed E-state index contributed by atoms with van der Waals surface area (Å²) in [6, 6.07) is 3.37. The maximum atomic E-state index is 12.2. The molecular weight excluding hydrogens is 250 g/mol. The van der Waals surface area contributed by atoms with E-state index in [2.05, 4.69) is 15.6 Å². The number of hydrogen-bond acceptors (Lipinski definition) is 3. The standard InChI is InChI=1S/C13H16ClN3O/c14-11-6-9(4-5-15-11)17-13(18)12-10-3-1-2-8(10)7-16-12/h4-6,8,10,12,16H,1-3,7H2,(H,15,17,18). The zero-order valence-electron chi connectivity index (χ0n) is 10.0. The van der Waals surface area contributed by atoms with E-state index in [0.29, 0.717) is 22.7 Å². The van der Waals surface area contributed by atoms with Gasteiger partial charge in [0.1, 0.15) is 5.15 Å². The predicted molar refractivity (Wildman–Crippen MR) is 70.5 cm³/mol. The molecule has 1 aromatic heterocycles.